The molecule has 1 aromatic rings. The molecule has 0 unspecified atom stereocenters. The molecule has 150 valence electrons. The molecule has 0 saturated heterocycles. The molecule has 10 heteroatoms. The van der Waals surface area contributed by atoms with Crippen LogP contribution in [0, 0.1) is 0 Å². The quantitative estimate of drug-likeness (QED) is 0.589. The fourth-order valence-corrected chi connectivity index (χ4v) is 3.64. The van der Waals surface area contributed by atoms with Crippen LogP contribution in [0.1, 0.15) is 24.2 Å². The molecule has 0 bridgehead atoms. The van der Waals surface area contributed by atoms with Gasteiger partial charge in [-0.3, -0.25) is 9.59 Å². The largest absolute Gasteiger partial charge is 0.452 e. The van der Waals surface area contributed by atoms with Crippen LogP contribution in [0.2, 0.25) is 0 Å². The predicted molar refractivity (Wildman–Crippen MR) is 98.5 cm³/mol. The fraction of sp³-hybridized carbons (Fsp3) is 0.471. The highest BCUT2D eigenvalue weighted by Gasteiger charge is 2.22. The van der Waals surface area contributed by atoms with E-state index in [9.17, 15) is 22.8 Å². The third-order valence-corrected chi connectivity index (χ3v) is 5.91. The number of amides is 2. The van der Waals surface area contributed by atoms with Crippen molar-refractivity contribution in [2.24, 2.45) is 0 Å². The lowest BCUT2D eigenvalue weighted by molar-refractivity contribution is -0.137. The van der Waals surface area contributed by atoms with Crippen LogP contribution >= 0.6 is 0 Å². The van der Waals surface area contributed by atoms with Crippen molar-refractivity contribution in [3.8, 4) is 0 Å². The van der Waals surface area contributed by atoms with Crippen LogP contribution in [-0.4, -0.2) is 75.7 Å². The number of ether oxygens (including phenoxy) is 1. The Kier molecular flexibility index (Phi) is 8.38. The Morgan fingerprint density at radius 3 is 2.11 bits per heavy atom. The van der Waals surface area contributed by atoms with Crippen LogP contribution in [0.5, 0.6) is 0 Å². The molecule has 1 rings (SSSR count). The minimum atomic E-state index is -3.61. The lowest BCUT2D eigenvalue weighted by Crippen LogP contribution is -2.39. The van der Waals surface area contributed by atoms with Gasteiger partial charge in [0.15, 0.2) is 6.61 Å². The van der Waals surface area contributed by atoms with E-state index in [4.69, 9.17) is 4.74 Å². The summed E-state index contributed by atoms with van der Waals surface area (Å²) in [6.45, 7) is 3.50. The normalized spacial score (nSPS) is 11.1. The monoisotopic (exact) mass is 399 g/mol. The van der Waals surface area contributed by atoms with Gasteiger partial charge < -0.3 is 15.0 Å². The molecular formula is C17H25N3O6S. The predicted octanol–water partition coefficient (Wildman–Crippen LogP) is 0.0783. The third kappa shape index (κ3) is 6.04. The number of esters is 1. The molecule has 0 radical (unpaired) electrons. The summed E-state index contributed by atoms with van der Waals surface area (Å²) in [6, 6.07) is 5.31. The molecule has 9 nitrogen and oxygen atoms in total. The highest BCUT2D eigenvalue weighted by atomic mass is 32.2. The molecule has 0 saturated carbocycles. The second-order valence-corrected chi connectivity index (χ2v) is 7.55. The number of sulfonamides is 1. The van der Waals surface area contributed by atoms with Gasteiger partial charge in [-0.25, -0.2) is 13.2 Å². The van der Waals surface area contributed by atoms with E-state index in [1.54, 1.807) is 13.8 Å². The van der Waals surface area contributed by atoms with Crippen molar-refractivity contribution < 1.29 is 27.5 Å². The van der Waals surface area contributed by atoms with Crippen LogP contribution in [0.25, 0.3) is 0 Å². The van der Waals surface area contributed by atoms with Gasteiger partial charge in [-0.1, -0.05) is 13.8 Å². The minimum Gasteiger partial charge on any atom is -0.452 e. The Bertz CT molecular complexity index is 772. The number of benzene rings is 1. The maximum atomic E-state index is 12.4. The molecule has 0 atom stereocenters. The van der Waals surface area contributed by atoms with Crippen molar-refractivity contribution >= 4 is 27.8 Å². The van der Waals surface area contributed by atoms with E-state index in [1.807, 2.05) is 0 Å². The summed E-state index contributed by atoms with van der Waals surface area (Å²) in [5, 5.41) is 2.38. The minimum absolute atomic E-state index is 0.0733. The Morgan fingerprint density at radius 1 is 1.07 bits per heavy atom. The highest BCUT2D eigenvalue weighted by Crippen LogP contribution is 2.16. The van der Waals surface area contributed by atoms with E-state index in [2.05, 4.69) is 5.32 Å². The fourth-order valence-electron chi connectivity index (χ4n) is 2.18. The average molecular weight is 399 g/mol. The van der Waals surface area contributed by atoms with Gasteiger partial charge in [0, 0.05) is 27.2 Å². The van der Waals surface area contributed by atoms with Gasteiger partial charge in [-0.15, -0.1) is 0 Å². The maximum absolute atomic E-state index is 12.4. The van der Waals surface area contributed by atoms with Crippen molar-refractivity contribution in [3.05, 3.63) is 29.8 Å². The summed E-state index contributed by atoms with van der Waals surface area (Å²) in [5.74, 6) is -1.64. The van der Waals surface area contributed by atoms with E-state index in [0.29, 0.717) is 13.1 Å². The SMILES string of the molecule is CCN(CC)S(=O)(=O)c1ccc(C(=O)OCC(=O)N(C)CC(=O)NC)cc1. The molecule has 27 heavy (non-hydrogen) atoms. The van der Waals surface area contributed by atoms with Gasteiger partial charge >= 0.3 is 5.97 Å². The van der Waals surface area contributed by atoms with Crippen LogP contribution in [0.15, 0.2) is 29.2 Å². The highest BCUT2D eigenvalue weighted by molar-refractivity contribution is 7.89. The Morgan fingerprint density at radius 2 is 1.63 bits per heavy atom. The lowest BCUT2D eigenvalue weighted by Gasteiger charge is -2.18. The number of likely N-dealkylation sites (N-methyl/N-ethyl adjacent to an activating group) is 2. The molecular weight excluding hydrogens is 374 g/mol. The summed E-state index contributed by atoms with van der Waals surface area (Å²) in [7, 11) is -0.748. The van der Waals surface area contributed by atoms with Crippen molar-refractivity contribution in [3.63, 3.8) is 0 Å². The van der Waals surface area contributed by atoms with Crippen LogP contribution < -0.4 is 5.32 Å². The van der Waals surface area contributed by atoms with Crippen LogP contribution in [0.3, 0.4) is 0 Å². The first kappa shape index (κ1) is 22.6. The van der Waals surface area contributed by atoms with Gasteiger partial charge in [0.25, 0.3) is 5.91 Å². The van der Waals surface area contributed by atoms with Crippen molar-refractivity contribution in [1.29, 1.82) is 0 Å². The number of hydrogen-bond donors (Lipinski definition) is 1. The molecule has 0 aromatic heterocycles. The van der Waals surface area contributed by atoms with E-state index >= 15 is 0 Å². The molecule has 0 heterocycles. The maximum Gasteiger partial charge on any atom is 0.338 e. The zero-order chi connectivity index (χ0) is 20.6. The van der Waals surface area contributed by atoms with Gasteiger partial charge in [0.2, 0.25) is 15.9 Å². The second-order valence-electron chi connectivity index (χ2n) is 5.61. The third-order valence-electron chi connectivity index (χ3n) is 3.85. The zero-order valence-electron chi connectivity index (χ0n) is 15.9. The average Bonchev–Trinajstić information content (AvgIpc) is 2.66. The molecule has 1 aromatic carbocycles. The molecule has 2 amide bonds. The molecule has 0 fully saturated rings. The number of hydrogen-bond acceptors (Lipinski definition) is 6. The van der Waals surface area contributed by atoms with Crippen molar-refractivity contribution in [1.82, 2.24) is 14.5 Å². The molecule has 0 spiro atoms. The van der Waals surface area contributed by atoms with Gasteiger partial charge in [-0.05, 0) is 24.3 Å². The molecule has 0 aliphatic rings. The van der Waals surface area contributed by atoms with E-state index in [0.717, 1.165) is 4.90 Å². The summed E-state index contributed by atoms with van der Waals surface area (Å²) >= 11 is 0. The Balaban J connectivity index is 2.72. The molecule has 0 aliphatic heterocycles. The van der Waals surface area contributed by atoms with Crippen LogP contribution in [-0.2, 0) is 24.3 Å². The van der Waals surface area contributed by atoms with Crippen LogP contribution in [0.4, 0.5) is 0 Å². The smallest absolute Gasteiger partial charge is 0.338 e. The van der Waals surface area contributed by atoms with E-state index < -0.39 is 28.5 Å². The topological polar surface area (TPSA) is 113 Å². The molecule has 0 aliphatic carbocycles. The standard InChI is InChI=1S/C17H25N3O6S/c1-5-20(6-2)27(24,25)14-9-7-13(8-10-14)17(23)26-12-16(22)19(4)11-15(21)18-3/h7-10H,5-6,11-12H2,1-4H3,(H,18,21). The summed E-state index contributed by atoms with van der Waals surface area (Å²) in [6.07, 6.45) is 0. The van der Waals surface area contributed by atoms with Gasteiger partial charge in [0.05, 0.1) is 17.0 Å². The first-order chi connectivity index (χ1) is 12.7. The number of nitrogens with zero attached hydrogens (tertiary/aromatic N) is 2. The number of carbonyl (C=O) groups is 3. The Labute approximate surface area is 159 Å². The summed E-state index contributed by atoms with van der Waals surface area (Å²) < 4.78 is 31.0. The number of nitrogens with one attached hydrogen (secondary N) is 1. The van der Waals surface area contributed by atoms with E-state index in [-0.39, 0.29) is 22.9 Å². The Hall–Kier alpha value is -2.46. The second kappa shape index (κ2) is 10.0. The lowest BCUT2D eigenvalue weighted by atomic mass is 10.2. The van der Waals surface area contributed by atoms with E-state index in [1.165, 1.54) is 42.7 Å². The number of carbonyl (C=O) groups excluding carboxylic acids is 3. The van der Waals surface area contributed by atoms with Crippen molar-refractivity contribution in [2.75, 3.05) is 40.3 Å². The van der Waals surface area contributed by atoms with Gasteiger partial charge in [-0.2, -0.15) is 4.31 Å². The van der Waals surface area contributed by atoms with Crippen molar-refractivity contribution in [2.45, 2.75) is 18.7 Å². The van der Waals surface area contributed by atoms with Gasteiger partial charge in [0.1, 0.15) is 0 Å². The summed E-state index contributed by atoms with van der Waals surface area (Å²) in [5.41, 5.74) is 0.121. The first-order valence-corrected chi connectivity index (χ1v) is 9.83. The summed E-state index contributed by atoms with van der Waals surface area (Å²) in [4.78, 5) is 36.3. The zero-order valence-corrected chi connectivity index (χ0v) is 16.7. The number of rotatable bonds is 9. The first-order valence-electron chi connectivity index (χ1n) is 8.39. The molecule has 1 N–H and O–H groups in total.